The first-order chi connectivity index (χ1) is 9.04. The van der Waals surface area contributed by atoms with E-state index < -0.39 is 0 Å². The van der Waals surface area contributed by atoms with Crippen molar-refractivity contribution >= 4 is 34.3 Å². The van der Waals surface area contributed by atoms with Gasteiger partial charge in [0, 0.05) is 29.2 Å². The smallest absolute Gasteiger partial charge is 0.271 e. The Balaban J connectivity index is 1.97. The maximum Gasteiger partial charge on any atom is 0.271 e. The summed E-state index contributed by atoms with van der Waals surface area (Å²) in [5.74, 6) is 0. The molecule has 1 N–H and O–H groups in total. The predicted octanol–water partition coefficient (Wildman–Crippen LogP) is 4.27. The molecule has 100 valence electrons. The third-order valence-corrected chi connectivity index (χ3v) is 3.89. The molecule has 0 saturated carbocycles. The van der Waals surface area contributed by atoms with Crippen molar-refractivity contribution in [2.45, 2.75) is 13.3 Å². The lowest BCUT2D eigenvalue weighted by atomic mass is 10.2. The molecular weight excluding hydrogens is 284 g/mol. The molecule has 0 unspecified atom stereocenters. The van der Waals surface area contributed by atoms with Crippen LogP contribution in [0, 0.1) is 17.0 Å². The topological polar surface area (TPSA) is 55.2 Å². The van der Waals surface area contributed by atoms with E-state index in [0.717, 1.165) is 28.6 Å². The summed E-state index contributed by atoms with van der Waals surface area (Å²) in [6.45, 7) is 2.56. The van der Waals surface area contributed by atoms with Crippen molar-refractivity contribution in [1.82, 2.24) is 0 Å². The summed E-state index contributed by atoms with van der Waals surface area (Å²) in [6.07, 6.45) is 0.846. The lowest BCUT2D eigenvalue weighted by Gasteiger charge is -2.06. The highest BCUT2D eigenvalue weighted by atomic mass is 35.5. The van der Waals surface area contributed by atoms with E-state index >= 15 is 0 Å². The molecule has 0 aliphatic carbocycles. The largest absolute Gasteiger partial charge is 0.384 e. The first kappa shape index (κ1) is 13.8. The number of halogens is 1. The summed E-state index contributed by atoms with van der Waals surface area (Å²) in [7, 11) is 0. The molecule has 0 aliphatic heterocycles. The number of nitrogens with zero attached hydrogens (tertiary/aromatic N) is 1. The van der Waals surface area contributed by atoms with Crippen molar-refractivity contribution in [3.05, 3.63) is 55.2 Å². The Morgan fingerprint density at radius 1 is 1.37 bits per heavy atom. The average Bonchev–Trinajstić information content (AvgIpc) is 2.74. The molecule has 0 amide bonds. The molecule has 1 aromatic carbocycles. The van der Waals surface area contributed by atoms with Gasteiger partial charge in [0.25, 0.3) is 5.69 Å². The van der Waals surface area contributed by atoms with Crippen molar-refractivity contribution in [2.75, 3.05) is 11.9 Å². The third-order valence-electron chi connectivity index (χ3n) is 2.60. The van der Waals surface area contributed by atoms with Crippen molar-refractivity contribution < 1.29 is 4.92 Å². The molecule has 2 aromatic rings. The Kier molecular flexibility index (Phi) is 4.39. The molecule has 0 saturated heterocycles. The third kappa shape index (κ3) is 3.94. The average molecular weight is 297 g/mol. The van der Waals surface area contributed by atoms with Crippen molar-refractivity contribution in [2.24, 2.45) is 0 Å². The van der Waals surface area contributed by atoms with Gasteiger partial charge in [-0.25, -0.2) is 0 Å². The van der Waals surface area contributed by atoms with Crippen molar-refractivity contribution in [3.8, 4) is 0 Å². The number of thiophene rings is 1. The Bertz CT molecular complexity index is 598. The van der Waals surface area contributed by atoms with Crippen LogP contribution >= 0.6 is 22.9 Å². The van der Waals surface area contributed by atoms with E-state index in [1.54, 1.807) is 23.5 Å². The molecule has 0 aliphatic rings. The van der Waals surface area contributed by atoms with Gasteiger partial charge in [-0.05, 0) is 37.1 Å². The number of nitro groups is 1. The lowest BCUT2D eigenvalue weighted by Crippen LogP contribution is -2.04. The van der Waals surface area contributed by atoms with E-state index in [-0.39, 0.29) is 10.6 Å². The molecule has 0 atom stereocenters. The fraction of sp³-hybridized carbons (Fsp3) is 0.231. The predicted molar refractivity (Wildman–Crippen MR) is 79.4 cm³/mol. The zero-order valence-electron chi connectivity index (χ0n) is 10.4. The van der Waals surface area contributed by atoms with Gasteiger partial charge in [0.2, 0.25) is 0 Å². The number of nitrogens with one attached hydrogen (secondary N) is 1. The summed E-state index contributed by atoms with van der Waals surface area (Å²) >= 11 is 7.41. The van der Waals surface area contributed by atoms with E-state index in [1.165, 1.54) is 4.88 Å². The van der Waals surface area contributed by atoms with Crippen LogP contribution in [0.15, 0.2) is 30.3 Å². The van der Waals surface area contributed by atoms with Crippen LogP contribution in [0.25, 0.3) is 0 Å². The standard InChI is InChI=1S/C13H13ClN2O2S/c1-9-6-10(8-11(7-9)16(17)18)15-5-4-12-2-3-13(14)19-12/h2-3,6-8,15H,4-5H2,1H3. The van der Waals surface area contributed by atoms with Crippen LogP contribution in [0.3, 0.4) is 0 Å². The zero-order valence-corrected chi connectivity index (χ0v) is 11.9. The molecule has 1 aromatic heterocycles. The number of benzene rings is 1. The summed E-state index contributed by atoms with van der Waals surface area (Å²) < 4.78 is 0.779. The molecular formula is C13H13ClN2O2S. The molecule has 4 nitrogen and oxygen atoms in total. The van der Waals surface area contributed by atoms with Crippen LogP contribution in [-0.4, -0.2) is 11.5 Å². The molecule has 0 fully saturated rings. The summed E-state index contributed by atoms with van der Waals surface area (Å²) in [6, 6.07) is 8.87. The molecule has 19 heavy (non-hydrogen) atoms. The fourth-order valence-electron chi connectivity index (χ4n) is 1.79. The van der Waals surface area contributed by atoms with Crippen molar-refractivity contribution in [1.29, 1.82) is 0 Å². The highest BCUT2D eigenvalue weighted by Crippen LogP contribution is 2.23. The van der Waals surface area contributed by atoms with Crippen LogP contribution in [0.2, 0.25) is 4.34 Å². The van der Waals surface area contributed by atoms with Gasteiger partial charge in [-0.15, -0.1) is 11.3 Å². The maximum absolute atomic E-state index is 10.8. The minimum atomic E-state index is -0.378. The first-order valence-electron chi connectivity index (χ1n) is 5.79. The Morgan fingerprint density at radius 3 is 2.79 bits per heavy atom. The second kappa shape index (κ2) is 6.04. The monoisotopic (exact) mass is 296 g/mol. The number of aryl methyl sites for hydroxylation is 1. The maximum atomic E-state index is 10.8. The van der Waals surface area contributed by atoms with Crippen LogP contribution in [0.4, 0.5) is 11.4 Å². The normalized spacial score (nSPS) is 10.4. The molecule has 0 radical (unpaired) electrons. The fourth-order valence-corrected chi connectivity index (χ4v) is 2.87. The minimum absolute atomic E-state index is 0.113. The number of rotatable bonds is 5. The highest BCUT2D eigenvalue weighted by molar-refractivity contribution is 7.16. The summed E-state index contributed by atoms with van der Waals surface area (Å²) in [4.78, 5) is 11.6. The van der Waals surface area contributed by atoms with Gasteiger partial charge < -0.3 is 5.32 Å². The number of nitro benzene ring substituents is 1. The van der Waals surface area contributed by atoms with E-state index in [1.807, 2.05) is 25.1 Å². The second-order valence-electron chi connectivity index (χ2n) is 4.20. The number of anilines is 1. The van der Waals surface area contributed by atoms with E-state index in [2.05, 4.69) is 5.32 Å². The van der Waals surface area contributed by atoms with Gasteiger partial charge in [0.1, 0.15) is 0 Å². The van der Waals surface area contributed by atoms with Crippen LogP contribution in [-0.2, 0) is 6.42 Å². The SMILES string of the molecule is Cc1cc(NCCc2ccc(Cl)s2)cc([N+](=O)[O-])c1. The second-order valence-corrected chi connectivity index (χ2v) is 6.00. The minimum Gasteiger partial charge on any atom is -0.384 e. The van der Waals surface area contributed by atoms with E-state index in [9.17, 15) is 10.1 Å². The highest BCUT2D eigenvalue weighted by Gasteiger charge is 2.07. The molecule has 2 rings (SSSR count). The number of non-ortho nitro benzene ring substituents is 1. The first-order valence-corrected chi connectivity index (χ1v) is 6.98. The van der Waals surface area contributed by atoms with E-state index in [0.29, 0.717) is 0 Å². The quantitative estimate of drug-likeness (QED) is 0.662. The van der Waals surface area contributed by atoms with Gasteiger partial charge in [-0.2, -0.15) is 0 Å². The zero-order chi connectivity index (χ0) is 13.8. The molecule has 6 heteroatoms. The molecule has 0 bridgehead atoms. The van der Waals surface area contributed by atoms with Gasteiger partial charge in [0.15, 0.2) is 0 Å². The van der Waals surface area contributed by atoms with Gasteiger partial charge in [-0.1, -0.05) is 11.6 Å². The molecule has 0 spiro atoms. The van der Waals surface area contributed by atoms with Crippen LogP contribution in [0.1, 0.15) is 10.4 Å². The Morgan fingerprint density at radius 2 is 2.16 bits per heavy atom. The lowest BCUT2D eigenvalue weighted by molar-refractivity contribution is -0.384. The van der Waals surface area contributed by atoms with Crippen LogP contribution < -0.4 is 5.32 Å². The van der Waals surface area contributed by atoms with E-state index in [4.69, 9.17) is 11.6 Å². The summed E-state index contributed by atoms with van der Waals surface area (Å²) in [5.41, 5.74) is 1.76. The number of hydrogen-bond donors (Lipinski definition) is 1. The Labute approximate surface area is 120 Å². The van der Waals surface area contributed by atoms with Crippen molar-refractivity contribution in [3.63, 3.8) is 0 Å². The number of hydrogen-bond acceptors (Lipinski definition) is 4. The van der Waals surface area contributed by atoms with Gasteiger partial charge in [0.05, 0.1) is 9.26 Å². The Hall–Kier alpha value is -1.59. The molecule has 1 heterocycles. The summed E-state index contributed by atoms with van der Waals surface area (Å²) in [5, 5.41) is 14.0. The van der Waals surface area contributed by atoms with Gasteiger partial charge in [-0.3, -0.25) is 10.1 Å². The van der Waals surface area contributed by atoms with Crippen LogP contribution in [0.5, 0.6) is 0 Å². The van der Waals surface area contributed by atoms with Gasteiger partial charge >= 0.3 is 0 Å².